The van der Waals surface area contributed by atoms with Crippen LogP contribution in [0.15, 0.2) is 30.3 Å². The van der Waals surface area contributed by atoms with Crippen LogP contribution in [-0.4, -0.2) is 47.6 Å². The number of carbonyl (C=O) groups is 2. The van der Waals surface area contributed by atoms with Crippen molar-refractivity contribution in [3.8, 4) is 0 Å². The van der Waals surface area contributed by atoms with Gasteiger partial charge in [-0.3, -0.25) is 9.69 Å². The molecule has 1 aliphatic heterocycles. The van der Waals surface area contributed by atoms with Gasteiger partial charge < -0.3 is 15.2 Å². The SMILES string of the molecule is CCOC(=O)[C@@H]1[C@H](c2ccccc2)NC(=O)N(C)[C@@]1(O)C(F)(F)F. The van der Waals surface area contributed by atoms with E-state index < -0.39 is 35.9 Å². The van der Waals surface area contributed by atoms with E-state index in [2.05, 4.69) is 5.32 Å². The minimum Gasteiger partial charge on any atom is -0.466 e. The van der Waals surface area contributed by atoms with Crippen molar-refractivity contribution in [1.29, 1.82) is 0 Å². The van der Waals surface area contributed by atoms with Gasteiger partial charge in [0.05, 0.1) is 12.6 Å². The van der Waals surface area contributed by atoms with Gasteiger partial charge in [0.25, 0.3) is 5.72 Å². The van der Waals surface area contributed by atoms with Crippen molar-refractivity contribution in [2.75, 3.05) is 13.7 Å². The molecule has 2 N–H and O–H groups in total. The summed E-state index contributed by atoms with van der Waals surface area (Å²) < 4.78 is 45.6. The molecule has 132 valence electrons. The number of nitrogens with one attached hydrogen (secondary N) is 1. The third-order valence-corrected chi connectivity index (χ3v) is 3.98. The van der Waals surface area contributed by atoms with Crippen LogP contribution in [0.3, 0.4) is 0 Å². The molecule has 1 heterocycles. The fraction of sp³-hybridized carbons (Fsp3) is 0.467. The molecule has 0 unspecified atom stereocenters. The summed E-state index contributed by atoms with van der Waals surface area (Å²) >= 11 is 0. The summed E-state index contributed by atoms with van der Waals surface area (Å²) in [6.07, 6.45) is -5.26. The predicted octanol–water partition coefficient (Wildman–Crippen LogP) is 1.81. The van der Waals surface area contributed by atoms with E-state index in [1.54, 1.807) is 18.2 Å². The summed E-state index contributed by atoms with van der Waals surface area (Å²) in [4.78, 5) is 24.3. The Morgan fingerprint density at radius 1 is 1.38 bits per heavy atom. The number of halogens is 3. The number of esters is 1. The minimum atomic E-state index is -5.26. The highest BCUT2D eigenvalue weighted by Gasteiger charge is 2.69. The summed E-state index contributed by atoms with van der Waals surface area (Å²) in [7, 11) is 0.774. The van der Waals surface area contributed by atoms with Crippen molar-refractivity contribution in [1.82, 2.24) is 10.2 Å². The molecule has 0 spiro atoms. The summed E-state index contributed by atoms with van der Waals surface area (Å²) in [5.74, 6) is -3.33. The van der Waals surface area contributed by atoms with E-state index in [9.17, 15) is 27.9 Å². The average molecular weight is 346 g/mol. The monoisotopic (exact) mass is 346 g/mol. The highest BCUT2D eigenvalue weighted by molar-refractivity contribution is 5.83. The minimum absolute atomic E-state index is 0.0774. The molecule has 0 aliphatic carbocycles. The Hall–Kier alpha value is -2.29. The van der Waals surface area contributed by atoms with E-state index in [-0.39, 0.29) is 17.1 Å². The van der Waals surface area contributed by atoms with Crippen LogP contribution in [0, 0.1) is 5.92 Å². The van der Waals surface area contributed by atoms with E-state index in [0.717, 1.165) is 7.05 Å². The number of alkyl halides is 3. The number of carbonyl (C=O) groups excluding carboxylic acids is 2. The van der Waals surface area contributed by atoms with Gasteiger partial charge in [-0.15, -0.1) is 0 Å². The number of hydrogen-bond donors (Lipinski definition) is 2. The second-order valence-corrected chi connectivity index (χ2v) is 5.35. The third-order valence-electron chi connectivity index (χ3n) is 3.98. The molecule has 0 aromatic heterocycles. The molecule has 0 bridgehead atoms. The van der Waals surface area contributed by atoms with Crippen molar-refractivity contribution in [2.45, 2.75) is 24.9 Å². The largest absolute Gasteiger partial charge is 0.466 e. The fourth-order valence-corrected chi connectivity index (χ4v) is 2.74. The van der Waals surface area contributed by atoms with Gasteiger partial charge in [-0.25, -0.2) is 4.79 Å². The molecule has 2 amide bonds. The second-order valence-electron chi connectivity index (χ2n) is 5.35. The van der Waals surface area contributed by atoms with Crippen LogP contribution in [0.1, 0.15) is 18.5 Å². The molecule has 1 fully saturated rings. The van der Waals surface area contributed by atoms with Crippen LogP contribution in [-0.2, 0) is 9.53 Å². The van der Waals surface area contributed by atoms with Crippen molar-refractivity contribution < 1.29 is 32.6 Å². The average Bonchev–Trinajstić information content (AvgIpc) is 2.52. The molecule has 9 heteroatoms. The summed E-state index contributed by atoms with van der Waals surface area (Å²) in [5, 5.41) is 12.7. The normalized spacial score (nSPS) is 27.6. The standard InChI is InChI=1S/C15H17F3N2O4/c1-3-24-12(21)10-11(9-7-5-4-6-8-9)19-13(22)20(2)14(10,23)15(16,17)18/h4-8,10-11,23H,3H2,1-2H3,(H,19,22)/t10-,11-,14-/m0/s1. The van der Waals surface area contributed by atoms with Crippen LogP contribution >= 0.6 is 0 Å². The number of benzene rings is 1. The number of amides is 2. The first kappa shape index (κ1) is 18.1. The van der Waals surface area contributed by atoms with Crippen molar-refractivity contribution in [2.24, 2.45) is 5.92 Å². The van der Waals surface area contributed by atoms with Crippen LogP contribution in [0.5, 0.6) is 0 Å². The molecule has 1 aromatic carbocycles. The zero-order chi connectivity index (χ0) is 18.1. The van der Waals surface area contributed by atoms with Gasteiger partial charge >= 0.3 is 18.2 Å². The van der Waals surface area contributed by atoms with E-state index in [4.69, 9.17) is 4.74 Å². The topological polar surface area (TPSA) is 78.9 Å². The molecule has 1 aromatic rings. The molecule has 6 nitrogen and oxygen atoms in total. The zero-order valence-corrected chi connectivity index (χ0v) is 13.0. The first-order chi connectivity index (χ1) is 11.1. The van der Waals surface area contributed by atoms with E-state index in [1.807, 2.05) is 0 Å². The number of nitrogens with zero attached hydrogens (tertiary/aromatic N) is 1. The van der Waals surface area contributed by atoms with Crippen LogP contribution in [0.4, 0.5) is 18.0 Å². The Bertz CT molecular complexity index is 623. The molecule has 3 atom stereocenters. The van der Waals surface area contributed by atoms with E-state index in [0.29, 0.717) is 0 Å². The van der Waals surface area contributed by atoms with Gasteiger partial charge in [0.15, 0.2) is 0 Å². The molecule has 24 heavy (non-hydrogen) atoms. The Kier molecular flexibility index (Phi) is 4.75. The maximum atomic E-state index is 13.6. The Morgan fingerprint density at radius 3 is 2.46 bits per heavy atom. The number of urea groups is 1. The molecule has 0 radical (unpaired) electrons. The van der Waals surface area contributed by atoms with Gasteiger partial charge in [-0.1, -0.05) is 30.3 Å². The Morgan fingerprint density at radius 2 is 1.96 bits per heavy atom. The zero-order valence-electron chi connectivity index (χ0n) is 13.0. The van der Waals surface area contributed by atoms with Crippen LogP contribution in [0.25, 0.3) is 0 Å². The lowest BCUT2D eigenvalue weighted by Gasteiger charge is -2.49. The predicted molar refractivity (Wildman–Crippen MR) is 76.6 cm³/mol. The molecular weight excluding hydrogens is 329 g/mol. The van der Waals surface area contributed by atoms with E-state index >= 15 is 0 Å². The van der Waals surface area contributed by atoms with Crippen molar-refractivity contribution >= 4 is 12.0 Å². The van der Waals surface area contributed by atoms with Gasteiger partial charge in [-0.2, -0.15) is 13.2 Å². The van der Waals surface area contributed by atoms with Gasteiger partial charge in [0.2, 0.25) is 0 Å². The van der Waals surface area contributed by atoms with Gasteiger partial charge in [0.1, 0.15) is 5.92 Å². The van der Waals surface area contributed by atoms with Gasteiger partial charge in [-0.05, 0) is 12.5 Å². The maximum Gasteiger partial charge on any atom is 0.437 e. The summed E-state index contributed by atoms with van der Waals surface area (Å²) in [5.41, 5.74) is -3.44. The lowest BCUT2D eigenvalue weighted by atomic mass is 9.81. The lowest BCUT2D eigenvalue weighted by Crippen LogP contribution is -2.73. The van der Waals surface area contributed by atoms with E-state index in [1.165, 1.54) is 19.1 Å². The van der Waals surface area contributed by atoms with Crippen molar-refractivity contribution in [3.05, 3.63) is 35.9 Å². The molecule has 0 saturated carbocycles. The Labute approximate surface area is 136 Å². The fourth-order valence-electron chi connectivity index (χ4n) is 2.74. The third kappa shape index (κ3) is 2.79. The van der Waals surface area contributed by atoms with Crippen molar-refractivity contribution in [3.63, 3.8) is 0 Å². The highest BCUT2D eigenvalue weighted by Crippen LogP contribution is 2.46. The van der Waals surface area contributed by atoms with Gasteiger partial charge in [0, 0.05) is 7.05 Å². The quantitative estimate of drug-likeness (QED) is 0.819. The first-order valence-corrected chi connectivity index (χ1v) is 7.19. The number of aliphatic hydroxyl groups is 1. The summed E-state index contributed by atoms with van der Waals surface area (Å²) in [6.45, 7) is 1.27. The van der Waals surface area contributed by atoms with Crippen LogP contribution in [0.2, 0.25) is 0 Å². The van der Waals surface area contributed by atoms with Crippen LogP contribution < -0.4 is 5.32 Å². The molecule has 1 saturated heterocycles. The second kappa shape index (κ2) is 6.31. The maximum absolute atomic E-state index is 13.6. The molecule has 2 rings (SSSR count). The lowest BCUT2D eigenvalue weighted by molar-refractivity contribution is -0.328. The number of ether oxygens (including phenoxy) is 1. The Balaban J connectivity index is 2.61. The molecule has 1 aliphatic rings. The molecular formula is C15H17F3N2O4. The summed E-state index contributed by atoms with van der Waals surface area (Å²) in [6, 6.07) is 5.11. The number of hydrogen-bond acceptors (Lipinski definition) is 4. The number of rotatable bonds is 3. The smallest absolute Gasteiger partial charge is 0.437 e. The first-order valence-electron chi connectivity index (χ1n) is 7.19. The highest BCUT2D eigenvalue weighted by atomic mass is 19.4.